The molecule has 1 heterocycles. The molecular weight excluding hydrogens is 324 g/mol. The van der Waals surface area contributed by atoms with Crippen molar-refractivity contribution >= 4 is 11.8 Å². The van der Waals surface area contributed by atoms with Crippen LogP contribution in [0.1, 0.15) is 35.1 Å². The van der Waals surface area contributed by atoms with Gasteiger partial charge in [-0.25, -0.2) is 0 Å². The molecule has 2 amide bonds. The van der Waals surface area contributed by atoms with E-state index in [4.69, 9.17) is 0 Å². The van der Waals surface area contributed by atoms with E-state index in [-0.39, 0.29) is 23.9 Å². The van der Waals surface area contributed by atoms with Crippen molar-refractivity contribution in [1.82, 2.24) is 10.2 Å². The van der Waals surface area contributed by atoms with E-state index < -0.39 is 0 Å². The van der Waals surface area contributed by atoms with Gasteiger partial charge in [-0.2, -0.15) is 0 Å². The van der Waals surface area contributed by atoms with Gasteiger partial charge in [-0.05, 0) is 42.9 Å². The van der Waals surface area contributed by atoms with E-state index in [1.807, 2.05) is 43.3 Å². The number of likely N-dealkylation sites (tertiary alicyclic amines) is 1. The Kier molecular flexibility index (Phi) is 4.49. The number of carbonyl (C=O) groups is 2. The fraction of sp³-hybridized carbons (Fsp3) is 0.364. The number of amides is 2. The lowest BCUT2D eigenvalue weighted by atomic mass is 10.1. The Hall–Kier alpha value is -2.62. The fourth-order valence-electron chi connectivity index (χ4n) is 4.05. The maximum absolute atomic E-state index is 12.8. The molecule has 1 fully saturated rings. The lowest BCUT2D eigenvalue weighted by molar-refractivity contribution is -0.136. The highest BCUT2D eigenvalue weighted by Gasteiger charge is 2.37. The Morgan fingerprint density at radius 3 is 2.38 bits per heavy atom. The van der Waals surface area contributed by atoms with Crippen molar-refractivity contribution in [3.63, 3.8) is 0 Å². The summed E-state index contributed by atoms with van der Waals surface area (Å²) < 4.78 is 0. The number of aryl methyl sites for hydroxylation is 1. The van der Waals surface area contributed by atoms with Gasteiger partial charge in [0.2, 0.25) is 11.8 Å². The fourth-order valence-corrected chi connectivity index (χ4v) is 4.05. The monoisotopic (exact) mass is 348 g/mol. The predicted molar refractivity (Wildman–Crippen MR) is 101 cm³/mol. The van der Waals surface area contributed by atoms with Crippen LogP contribution >= 0.6 is 0 Å². The van der Waals surface area contributed by atoms with Gasteiger partial charge >= 0.3 is 0 Å². The van der Waals surface area contributed by atoms with Crippen molar-refractivity contribution in [3.05, 3.63) is 70.8 Å². The molecule has 0 unspecified atom stereocenters. The van der Waals surface area contributed by atoms with E-state index in [2.05, 4.69) is 17.4 Å². The van der Waals surface area contributed by atoms with Crippen LogP contribution in [0.3, 0.4) is 0 Å². The summed E-state index contributed by atoms with van der Waals surface area (Å²) in [6.45, 7) is 2.54. The lowest BCUT2D eigenvalue weighted by Crippen LogP contribution is -2.48. The summed E-state index contributed by atoms with van der Waals surface area (Å²) >= 11 is 0. The minimum atomic E-state index is -0.354. The molecule has 2 aromatic carbocycles. The predicted octanol–water partition coefficient (Wildman–Crippen LogP) is 2.77. The van der Waals surface area contributed by atoms with Crippen molar-refractivity contribution in [2.45, 2.75) is 51.2 Å². The topological polar surface area (TPSA) is 49.4 Å². The maximum atomic E-state index is 12.8. The molecule has 1 saturated heterocycles. The van der Waals surface area contributed by atoms with Gasteiger partial charge in [-0.3, -0.25) is 9.59 Å². The SMILES string of the molecule is Cc1ccc(CN2C(=O)CC[C@@H]2C(=O)NC2Cc3ccccc3C2)cc1. The molecule has 1 atom stereocenters. The number of rotatable bonds is 4. The van der Waals surface area contributed by atoms with Crippen LogP contribution in [0.2, 0.25) is 0 Å². The standard InChI is InChI=1S/C22H24N2O2/c1-15-6-8-16(9-7-15)14-24-20(10-11-21(24)25)22(26)23-19-12-17-4-2-3-5-18(17)13-19/h2-9,19-20H,10-14H2,1H3,(H,23,26)/t20-/m1/s1. The van der Waals surface area contributed by atoms with Crippen LogP contribution in [-0.2, 0) is 29.0 Å². The molecule has 134 valence electrons. The largest absolute Gasteiger partial charge is 0.351 e. The molecule has 26 heavy (non-hydrogen) atoms. The van der Waals surface area contributed by atoms with Crippen LogP contribution in [0, 0.1) is 6.92 Å². The lowest BCUT2D eigenvalue weighted by Gasteiger charge is -2.25. The highest BCUT2D eigenvalue weighted by atomic mass is 16.2. The van der Waals surface area contributed by atoms with Gasteiger partial charge in [-0.1, -0.05) is 54.1 Å². The molecule has 2 aromatic rings. The summed E-state index contributed by atoms with van der Waals surface area (Å²) in [6, 6.07) is 16.3. The second kappa shape index (κ2) is 6.94. The molecule has 0 spiro atoms. The number of carbonyl (C=O) groups excluding carboxylic acids is 2. The van der Waals surface area contributed by atoms with Gasteiger partial charge in [0.1, 0.15) is 6.04 Å². The number of fused-ring (bicyclic) bond motifs is 1. The van der Waals surface area contributed by atoms with Crippen molar-refractivity contribution in [3.8, 4) is 0 Å². The number of nitrogens with one attached hydrogen (secondary N) is 1. The van der Waals surface area contributed by atoms with E-state index in [1.165, 1.54) is 16.7 Å². The summed E-state index contributed by atoms with van der Waals surface area (Å²) in [5.74, 6) is 0.0567. The van der Waals surface area contributed by atoms with Crippen LogP contribution in [0.4, 0.5) is 0 Å². The zero-order chi connectivity index (χ0) is 18.1. The highest BCUT2D eigenvalue weighted by Crippen LogP contribution is 2.25. The van der Waals surface area contributed by atoms with Gasteiger partial charge in [0, 0.05) is 19.0 Å². The first-order valence-electron chi connectivity index (χ1n) is 9.32. The van der Waals surface area contributed by atoms with Crippen LogP contribution in [0.5, 0.6) is 0 Å². The minimum Gasteiger partial charge on any atom is -0.351 e. The first kappa shape index (κ1) is 16.8. The Balaban J connectivity index is 1.41. The Labute approximate surface area is 154 Å². The second-order valence-corrected chi connectivity index (χ2v) is 7.44. The van der Waals surface area contributed by atoms with Gasteiger partial charge in [0.05, 0.1) is 0 Å². The summed E-state index contributed by atoms with van der Waals surface area (Å²) in [5, 5.41) is 3.18. The zero-order valence-electron chi connectivity index (χ0n) is 15.1. The van der Waals surface area contributed by atoms with Crippen LogP contribution in [0.15, 0.2) is 48.5 Å². The number of hydrogen-bond acceptors (Lipinski definition) is 2. The van der Waals surface area contributed by atoms with E-state index >= 15 is 0 Å². The Morgan fingerprint density at radius 1 is 1.08 bits per heavy atom. The third-order valence-corrected chi connectivity index (χ3v) is 5.50. The van der Waals surface area contributed by atoms with Gasteiger partial charge in [-0.15, -0.1) is 0 Å². The first-order valence-corrected chi connectivity index (χ1v) is 9.32. The number of benzene rings is 2. The first-order chi connectivity index (χ1) is 12.6. The normalized spacial score (nSPS) is 19.7. The summed E-state index contributed by atoms with van der Waals surface area (Å²) in [6.07, 6.45) is 2.81. The quantitative estimate of drug-likeness (QED) is 0.924. The third-order valence-electron chi connectivity index (χ3n) is 5.50. The zero-order valence-corrected chi connectivity index (χ0v) is 15.1. The van der Waals surface area contributed by atoms with Crippen molar-refractivity contribution < 1.29 is 9.59 Å². The molecule has 0 aromatic heterocycles. The average Bonchev–Trinajstić information content (AvgIpc) is 3.20. The van der Waals surface area contributed by atoms with Crippen molar-refractivity contribution in [2.24, 2.45) is 0 Å². The highest BCUT2D eigenvalue weighted by molar-refractivity contribution is 5.91. The average molecular weight is 348 g/mol. The molecule has 1 N–H and O–H groups in total. The minimum absolute atomic E-state index is 0.0132. The molecule has 0 radical (unpaired) electrons. The van der Waals surface area contributed by atoms with Crippen molar-refractivity contribution in [2.75, 3.05) is 0 Å². The molecule has 1 aliphatic heterocycles. The molecule has 0 bridgehead atoms. The van der Waals surface area contributed by atoms with Gasteiger partial charge in [0.15, 0.2) is 0 Å². The molecule has 2 aliphatic rings. The molecule has 4 nitrogen and oxygen atoms in total. The van der Waals surface area contributed by atoms with E-state index in [0.717, 1.165) is 18.4 Å². The molecule has 1 aliphatic carbocycles. The van der Waals surface area contributed by atoms with E-state index in [0.29, 0.717) is 19.4 Å². The molecule has 0 saturated carbocycles. The third kappa shape index (κ3) is 3.36. The number of hydrogen-bond donors (Lipinski definition) is 1. The summed E-state index contributed by atoms with van der Waals surface area (Å²) in [4.78, 5) is 26.9. The van der Waals surface area contributed by atoms with E-state index in [9.17, 15) is 9.59 Å². The Morgan fingerprint density at radius 2 is 1.73 bits per heavy atom. The smallest absolute Gasteiger partial charge is 0.243 e. The van der Waals surface area contributed by atoms with Crippen LogP contribution < -0.4 is 5.32 Å². The Bertz CT molecular complexity index is 803. The molecule has 4 heteroatoms. The number of nitrogens with zero attached hydrogens (tertiary/aromatic N) is 1. The second-order valence-electron chi connectivity index (χ2n) is 7.44. The van der Waals surface area contributed by atoms with Crippen LogP contribution in [0.25, 0.3) is 0 Å². The summed E-state index contributed by atoms with van der Waals surface area (Å²) in [5.41, 5.74) is 4.89. The van der Waals surface area contributed by atoms with Gasteiger partial charge in [0.25, 0.3) is 0 Å². The maximum Gasteiger partial charge on any atom is 0.243 e. The van der Waals surface area contributed by atoms with Crippen LogP contribution in [-0.4, -0.2) is 28.8 Å². The van der Waals surface area contributed by atoms with Crippen molar-refractivity contribution in [1.29, 1.82) is 0 Å². The summed E-state index contributed by atoms with van der Waals surface area (Å²) in [7, 11) is 0. The van der Waals surface area contributed by atoms with Gasteiger partial charge < -0.3 is 10.2 Å². The van der Waals surface area contributed by atoms with E-state index in [1.54, 1.807) is 4.90 Å². The molecular formula is C22H24N2O2. The molecule has 4 rings (SSSR count).